The van der Waals surface area contributed by atoms with Crippen LogP contribution >= 0.6 is 31.9 Å². The highest BCUT2D eigenvalue weighted by Crippen LogP contribution is 2.37. The lowest BCUT2D eigenvalue weighted by atomic mass is 10.1. The van der Waals surface area contributed by atoms with Crippen LogP contribution in [0.25, 0.3) is 0 Å². The monoisotopic (exact) mass is 424 g/mol. The van der Waals surface area contributed by atoms with Crippen LogP contribution in [-0.4, -0.2) is 5.11 Å². The Kier molecular flexibility index (Phi) is 4.95. The molecule has 0 saturated heterocycles. The van der Waals surface area contributed by atoms with Crippen LogP contribution in [-0.2, 0) is 12.8 Å². The summed E-state index contributed by atoms with van der Waals surface area (Å²) in [6, 6.07) is 8.52. The first-order chi connectivity index (χ1) is 9.81. The first-order valence-electron chi connectivity index (χ1n) is 5.75. The first-order valence-corrected chi connectivity index (χ1v) is 7.34. The molecule has 0 spiro atoms. The highest BCUT2D eigenvalue weighted by Gasteiger charge is 2.33. The summed E-state index contributed by atoms with van der Waals surface area (Å²) < 4.78 is 45.6. The number of ether oxygens (including phenoxy) is 1. The maximum absolute atomic E-state index is 12.9. The molecule has 1 N–H and O–H groups in total. The summed E-state index contributed by atoms with van der Waals surface area (Å²) in [5, 5.41) is 8.98. The minimum Gasteiger partial charge on any atom is -0.456 e. The Morgan fingerprint density at radius 2 is 1.76 bits per heavy atom. The number of aliphatic hydroxyl groups excluding tert-OH is 1. The molecule has 0 heterocycles. The second kappa shape index (κ2) is 6.37. The molecule has 2 rings (SSSR count). The second-order valence-corrected chi connectivity index (χ2v) is 5.92. The third-order valence-electron chi connectivity index (χ3n) is 2.68. The van der Waals surface area contributed by atoms with Crippen molar-refractivity contribution in [2.24, 2.45) is 0 Å². The Hall–Kier alpha value is -1.05. The van der Waals surface area contributed by atoms with E-state index in [1.807, 2.05) is 0 Å². The molecule has 0 amide bonds. The summed E-state index contributed by atoms with van der Waals surface area (Å²) in [5.41, 5.74) is -1.10. The van der Waals surface area contributed by atoms with Gasteiger partial charge in [-0.2, -0.15) is 13.2 Å². The molecule has 2 aromatic carbocycles. The number of benzene rings is 2. The lowest BCUT2D eigenvalue weighted by Gasteiger charge is -2.14. The van der Waals surface area contributed by atoms with E-state index in [4.69, 9.17) is 9.84 Å². The predicted octanol–water partition coefficient (Wildman–Crippen LogP) is 5.52. The van der Waals surface area contributed by atoms with Crippen molar-refractivity contribution in [1.29, 1.82) is 0 Å². The van der Waals surface area contributed by atoms with Gasteiger partial charge in [-0.1, -0.05) is 22.0 Å². The van der Waals surface area contributed by atoms with Gasteiger partial charge in [-0.15, -0.1) is 0 Å². The fraction of sp³-hybridized carbons (Fsp3) is 0.143. The molecule has 0 aliphatic carbocycles. The Balaban J connectivity index is 2.37. The Bertz CT molecular complexity index is 657. The van der Waals surface area contributed by atoms with Crippen molar-refractivity contribution in [3.05, 3.63) is 56.5 Å². The standard InChI is InChI=1S/C14H9Br2F3O2/c15-9-2-4-13(12(16)5-9)21-10-3-1-8(7-20)11(6-10)14(17,18)19/h1-6,20H,7H2. The molecule has 0 unspecified atom stereocenters. The molecule has 0 saturated carbocycles. The topological polar surface area (TPSA) is 29.5 Å². The van der Waals surface area contributed by atoms with Crippen LogP contribution in [0.15, 0.2) is 45.3 Å². The SMILES string of the molecule is OCc1ccc(Oc2ccc(Br)cc2Br)cc1C(F)(F)F. The van der Waals surface area contributed by atoms with E-state index in [0.717, 1.165) is 10.5 Å². The zero-order chi connectivity index (χ0) is 15.6. The molecular weight excluding hydrogens is 417 g/mol. The van der Waals surface area contributed by atoms with Gasteiger partial charge >= 0.3 is 6.18 Å². The fourth-order valence-corrected chi connectivity index (χ4v) is 2.83. The molecule has 0 fully saturated rings. The average molecular weight is 426 g/mol. The summed E-state index contributed by atoms with van der Waals surface area (Å²) in [4.78, 5) is 0. The Labute approximate surface area is 135 Å². The van der Waals surface area contributed by atoms with Crippen molar-refractivity contribution in [2.45, 2.75) is 12.8 Å². The van der Waals surface area contributed by atoms with Gasteiger partial charge in [0.15, 0.2) is 0 Å². The third kappa shape index (κ3) is 3.99. The van der Waals surface area contributed by atoms with Gasteiger partial charge in [0.1, 0.15) is 11.5 Å². The van der Waals surface area contributed by atoms with E-state index in [9.17, 15) is 13.2 Å². The largest absolute Gasteiger partial charge is 0.456 e. The van der Waals surface area contributed by atoms with E-state index in [2.05, 4.69) is 31.9 Å². The van der Waals surface area contributed by atoms with Crippen LogP contribution < -0.4 is 4.74 Å². The zero-order valence-electron chi connectivity index (χ0n) is 10.4. The number of hydrogen-bond donors (Lipinski definition) is 1. The smallest absolute Gasteiger partial charge is 0.416 e. The maximum atomic E-state index is 12.9. The van der Waals surface area contributed by atoms with Crippen LogP contribution in [0.4, 0.5) is 13.2 Å². The van der Waals surface area contributed by atoms with E-state index < -0.39 is 18.3 Å². The molecule has 2 aromatic rings. The summed E-state index contributed by atoms with van der Waals surface area (Å²) in [7, 11) is 0. The Morgan fingerprint density at radius 3 is 2.33 bits per heavy atom. The summed E-state index contributed by atoms with van der Waals surface area (Å²) >= 11 is 6.55. The van der Waals surface area contributed by atoms with Gasteiger partial charge in [-0.25, -0.2) is 0 Å². The molecule has 0 radical (unpaired) electrons. The van der Waals surface area contributed by atoms with Gasteiger partial charge in [0.25, 0.3) is 0 Å². The molecule has 0 aliphatic heterocycles. The molecule has 0 aliphatic rings. The van der Waals surface area contributed by atoms with Gasteiger partial charge < -0.3 is 9.84 Å². The number of rotatable bonds is 3. The lowest BCUT2D eigenvalue weighted by molar-refractivity contribution is -0.138. The average Bonchev–Trinajstić information content (AvgIpc) is 2.41. The van der Waals surface area contributed by atoms with E-state index in [0.29, 0.717) is 10.2 Å². The molecule has 2 nitrogen and oxygen atoms in total. The minimum atomic E-state index is -4.55. The van der Waals surface area contributed by atoms with Gasteiger partial charge in [0.05, 0.1) is 16.6 Å². The molecule has 7 heteroatoms. The van der Waals surface area contributed by atoms with Gasteiger partial charge in [0.2, 0.25) is 0 Å². The zero-order valence-corrected chi connectivity index (χ0v) is 13.6. The number of aliphatic hydroxyl groups is 1. The molecule has 21 heavy (non-hydrogen) atoms. The van der Waals surface area contributed by atoms with Crippen molar-refractivity contribution in [2.75, 3.05) is 0 Å². The molecule has 0 atom stereocenters. The van der Waals surface area contributed by atoms with Crippen LogP contribution in [0, 0.1) is 0 Å². The predicted molar refractivity (Wildman–Crippen MR) is 79.3 cm³/mol. The third-order valence-corrected chi connectivity index (χ3v) is 3.79. The van der Waals surface area contributed by atoms with Gasteiger partial charge in [-0.05, 0) is 51.8 Å². The van der Waals surface area contributed by atoms with E-state index in [1.165, 1.54) is 12.1 Å². The van der Waals surface area contributed by atoms with E-state index in [1.54, 1.807) is 18.2 Å². The van der Waals surface area contributed by atoms with Crippen molar-refractivity contribution >= 4 is 31.9 Å². The fourth-order valence-electron chi connectivity index (χ4n) is 1.71. The molecule has 0 bridgehead atoms. The quantitative estimate of drug-likeness (QED) is 0.702. The van der Waals surface area contributed by atoms with Gasteiger partial charge in [-0.3, -0.25) is 0 Å². The van der Waals surface area contributed by atoms with Crippen LogP contribution in [0.3, 0.4) is 0 Å². The lowest BCUT2D eigenvalue weighted by Crippen LogP contribution is -2.09. The highest BCUT2D eigenvalue weighted by molar-refractivity contribution is 9.11. The molecule has 112 valence electrons. The van der Waals surface area contributed by atoms with Crippen LogP contribution in [0.1, 0.15) is 11.1 Å². The minimum absolute atomic E-state index is 0.0440. The Morgan fingerprint density at radius 1 is 1.05 bits per heavy atom. The van der Waals surface area contributed by atoms with Crippen molar-refractivity contribution in [1.82, 2.24) is 0 Å². The van der Waals surface area contributed by atoms with E-state index >= 15 is 0 Å². The van der Waals surface area contributed by atoms with E-state index in [-0.39, 0.29) is 11.3 Å². The summed E-state index contributed by atoms with van der Waals surface area (Å²) in [6.07, 6.45) is -4.55. The second-order valence-electron chi connectivity index (χ2n) is 4.15. The summed E-state index contributed by atoms with van der Waals surface area (Å²) in [5.74, 6) is 0.436. The highest BCUT2D eigenvalue weighted by atomic mass is 79.9. The number of hydrogen-bond acceptors (Lipinski definition) is 2. The van der Waals surface area contributed by atoms with Crippen molar-refractivity contribution < 1.29 is 23.0 Å². The molecule has 0 aromatic heterocycles. The van der Waals surface area contributed by atoms with Crippen LogP contribution in [0.2, 0.25) is 0 Å². The molecular formula is C14H9Br2F3O2. The van der Waals surface area contributed by atoms with Crippen molar-refractivity contribution in [3.63, 3.8) is 0 Å². The van der Waals surface area contributed by atoms with Gasteiger partial charge in [0, 0.05) is 4.47 Å². The first kappa shape index (κ1) is 16.3. The number of alkyl halides is 3. The van der Waals surface area contributed by atoms with Crippen molar-refractivity contribution in [3.8, 4) is 11.5 Å². The normalized spacial score (nSPS) is 11.5. The summed E-state index contributed by atoms with van der Waals surface area (Å²) in [6.45, 7) is -0.683. The maximum Gasteiger partial charge on any atom is 0.416 e. The van der Waals surface area contributed by atoms with Crippen LogP contribution in [0.5, 0.6) is 11.5 Å². The number of halogens is 5.